The zero-order chi connectivity index (χ0) is 12.7. The van der Waals surface area contributed by atoms with Gasteiger partial charge in [-0.1, -0.05) is 6.92 Å². The van der Waals surface area contributed by atoms with Crippen LogP contribution in [0.15, 0.2) is 0 Å². The van der Waals surface area contributed by atoms with Gasteiger partial charge in [-0.3, -0.25) is 0 Å². The molecule has 1 fully saturated rings. The van der Waals surface area contributed by atoms with Gasteiger partial charge in [-0.25, -0.2) is 0 Å². The Bertz CT molecular complexity index is 205. The predicted molar refractivity (Wildman–Crippen MR) is 57.9 cm³/mol. The summed E-state index contributed by atoms with van der Waals surface area (Å²) < 4.78 is 46.0. The van der Waals surface area contributed by atoms with E-state index in [1.807, 2.05) is 6.92 Å². The number of rotatable bonds is 6. The summed E-state index contributed by atoms with van der Waals surface area (Å²) >= 11 is 0. The molecule has 1 aliphatic heterocycles. The predicted octanol–water partition coefficient (Wildman–Crippen LogP) is 1.97. The van der Waals surface area contributed by atoms with E-state index < -0.39 is 12.8 Å². The third-order valence-electron chi connectivity index (χ3n) is 2.79. The van der Waals surface area contributed by atoms with E-state index in [2.05, 4.69) is 5.32 Å². The maximum atomic E-state index is 12.0. The first-order chi connectivity index (χ1) is 8.03. The summed E-state index contributed by atoms with van der Waals surface area (Å²) in [4.78, 5) is 0. The highest BCUT2D eigenvalue weighted by Gasteiger charge is 2.29. The summed E-state index contributed by atoms with van der Waals surface area (Å²) in [6, 6.07) is -0.0531. The molecule has 102 valence electrons. The number of hydrogen-bond donors (Lipinski definition) is 1. The van der Waals surface area contributed by atoms with Crippen molar-refractivity contribution in [1.82, 2.24) is 5.32 Å². The number of hydrogen-bond acceptors (Lipinski definition) is 3. The third kappa shape index (κ3) is 6.24. The molecule has 1 heterocycles. The molecule has 1 rings (SSSR count). The molecule has 1 N–H and O–H groups in total. The fourth-order valence-electron chi connectivity index (χ4n) is 2.01. The molecule has 0 aromatic rings. The first-order valence-corrected chi connectivity index (χ1v) is 5.98. The van der Waals surface area contributed by atoms with Crippen LogP contribution in [-0.2, 0) is 9.47 Å². The Morgan fingerprint density at radius 2 is 2.24 bits per heavy atom. The van der Waals surface area contributed by atoms with Gasteiger partial charge in [-0.15, -0.1) is 0 Å². The smallest absolute Gasteiger partial charge is 0.381 e. The van der Waals surface area contributed by atoms with E-state index in [4.69, 9.17) is 9.47 Å². The highest BCUT2D eigenvalue weighted by atomic mass is 19.4. The van der Waals surface area contributed by atoms with Gasteiger partial charge in [0.05, 0.1) is 13.2 Å². The van der Waals surface area contributed by atoms with Crippen LogP contribution in [0.1, 0.15) is 19.8 Å². The van der Waals surface area contributed by atoms with E-state index in [0.29, 0.717) is 6.61 Å². The number of halogens is 3. The van der Waals surface area contributed by atoms with E-state index in [9.17, 15) is 13.2 Å². The number of likely N-dealkylation sites (N-methyl/N-ethyl adjacent to an activating group) is 1. The van der Waals surface area contributed by atoms with Crippen molar-refractivity contribution in [2.45, 2.75) is 32.0 Å². The summed E-state index contributed by atoms with van der Waals surface area (Å²) in [6.45, 7) is 2.91. The molecule has 0 aromatic heterocycles. The van der Waals surface area contributed by atoms with Crippen molar-refractivity contribution < 1.29 is 22.6 Å². The fourth-order valence-corrected chi connectivity index (χ4v) is 2.01. The van der Waals surface area contributed by atoms with Crippen LogP contribution in [0.25, 0.3) is 0 Å². The third-order valence-corrected chi connectivity index (χ3v) is 2.79. The molecule has 0 amide bonds. The molecule has 0 aliphatic carbocycles. The van der Waals surface area contributed by atoms with Gasteiger partial charge < -0.3 is 14.8 Å². The van der Waals surface area contributed by atoms with Crippen molar-refractivity contribution in [3.63, 3.8) is 0 Å². The molecule has 17 heavy (non-hydrogen) atoms. The SMILES string of the molecule is CCNC(COCC(F)(F)F)C1CCCOC1. The monoisotopic (exact) mass is 255 g/mol. The first kappa shape index (κ1) is 14.7. The van der Waals surface area contributed by atoms with Crippen molar-refractivity contribution in [1.29, 1.82) is 0 Å². The van der Waals surface area contributed by atoms with Crippen molar-refractivity contribution >= 4 is 0 Å². The van der Waals surface area contributed by atoms with Crippen LogP contribution in [0.2, 0.25) is 0 Å². The molecule has 3 nitrogen and oxygen atoms in total. The van der Waals surface area contributed by atoms with Crippen molar-refractivity contribution in [3.8, 4) is 0 Å². The lowest BCUT2D eigenvalue weighted by Gasteiger charge is -2.30. The topological polar surface area (TPSA) is 30.5 Å². The second-order valence-electron chi connectivity index (χ2n) is 4.27. The molecule has 2 atom stereocenters. The lowest BCUT2D eigenvalue weighted by Crippen LogP contribution is -2.44. The van der Waals surface area contributed by atoms with Crippen LogP contribution < -0.4 is 5.32 Å². The second-order valence-corrected chi connectivity index (χ2v) is 4.27. The molecule has 1 saturated heterocycles. The highest BCUT2D eigenvalue weighted by molar-refractivity contribution is 4.78. The summed E-state index contributed by atoms with van der Waals surface area (Å²) in [5, 5.41) is 3.17. The average Bonchev–Trinajstić information content (AvgIpc) is 2.27. The minimum absolute atomic E-state index is 0.0531. The van der Waals surface area contributed by atoms with E-state index in [1.54, 1.807) is 0 Å². The second kappa shape index (κ2) is 7.18. The first-order valence-electron chi connectivity index (χ1n) is 5.98. The van der Waals surface area contributed by atoms with Crippen molar-refractivity contribution in [2.75, 3.05) is 33.0 Å². The molecule has 0 spiro atoms. The van der Waals surface area contributed by atoms with Gasteiger partial charge in [0.1, 0.15) is 6.61 Å². The molecule has 0 aromatic carbocycles. The Balaban J connectivity index is 2.31. The molecule has 0 saturated carbocycles. The summed E-state index contributed by atoms with van der Waals surface area (Å²) in [6.07, 6.45) is -2.31. The number of ether oxygens (including phenoxy) is 2. The van der Waals surface area contributed by atoms with Gasteiger partial charge in [0.25, 0.3) is 0 Å². The minimum Gasteiger partial charge on any atom is -0.381 e. The lowest BCUT2D eigenvalue weighted by molar-refractivity contribution is -0.176. The maximum Gasteiger partial charge on any atom is 0.411 e. The lowest BCUT2D eigenvalue weighted by atomic mass is 9.94. The Hall–Kier alpha value is -0.330. The molecule has 0 bridgehead atoms. The van der Waals surface area contributed by atoms with Crippen molar-refractivity contribution in [2.24, 2.45) is 5.92 Å². The largest absolute Gasteiger partial charge is 0.411 e. The summed E-state index contributed by atoms with van der Waals surface area (Å²) in [5.74, 6) is 0.247. The maximum absolute atomic E-state index is 12.0. The van der Waals surface area contributed by atoms with Gasteiger partial charge in [0.2, 0.25) is 0 Å². The zero-order valence-electron chi connectivity index (χ0n) is 10.1. The van der Waals surface area contributed by atoms with E-state index in [1.165, 1.54) is 0 Å². The molecule has 2 unspecified atom stereocenters. The Morgan fingerprint density at radius 1 is 1.47 bits per heavy atom. The van der Waals surface area contributed by atoms with Gasteiger partial charge in [0.15, 0.2) is 0 Å². The van der Waals surface area contributed by atoms with Crippen LogP contribution >= 0.6 is 0 Å². The molecular weight excluding hydrogens is 235 g/mol. The minimum atomic E-state index is -4.25. The summed E-state index contributed by atoms with van der Waals surface area (Å²) in [7, 11) is 0. The Labute approximate surface area is 99.7 Å². The molecular formula is C11H20F3NO2. The standard InChI is InChI=1S/C11H20F3NO2/c1-2-15-10(7-17-8-11(12,13)14)9-4-3-5-16-6-9/h9-10,15H,2-8H2,1H3. The van der Waals surface area contributed by atoms with E-state index in [-0.39, 0.29) is 18.6 Å². The molecule has 0 radical (unpaired) electrons. The Kier molecular flexibility index (Phi) is 6.22. The highest BCUT2D eigenvalue weighted by Crippen LogP contribution is 2.19. The normalized spacial score (nSPS) is 23.6. The van der Waals surface area contributed by atoms with Crippen LogP contribution in [0.5, 0.6) is 0 Å². The van der Waals surface area contributed by atoms with E-state index >= 15 is 0 Å². The Morgan fingerprint density at radius 3 is 2.76 bits per heavy atom. The summed E-state index contributed by atoms with van der Waals surface area (Å²) in [5.41, 5.74) is 0. The quantitative estimate of drug-likeness (QED) is 0.787. The molecule has 6 heteroatoms. The van der Waals surface area contributed by atoms with Crippen LogP contribution in [0, 0.1) is 5.92 Å². The van der Waals surface area contributed by atoms with Gasteiger partial charge in [0, 0.05) is 12.6 Å². The van der Waals surface area contributed by atoms with Crippen molar-refractivity contribution in [3.05, 3.63) is 0 Å². The fraction of sp³-hybridized carbons (Fsp3) is 1.00. The van der Waals surface area contributed by atoms with Gasteiger partial charge in [-0.2, -0.15) is 13.2 Å². The van der Waals surface area contributed by atoms with Gasteiger partial charge >= 0.3 is 6.18 Å². The van der Waals surface area contributed by atoms with Crippen LogP contribution in [-0.4, -0.2) is 45.2 Å². The van der Waals surface area contributed by atoms with Crippen LogP contribution in [0.3, 0.4) is 0 Å². The average molecular weight is 255 g/mol. The van der Waals surface area contributed by atoms with Crippen LogP contribution in [0.4, 0.5) is 13.2 Å². The number of alkyl halides is 3. The van der Waals surface area contributed by atoms with E-state index in [0.717, 1.165) is 26.0 Å². The van der Waals surface area contributed by atoms with Gasteiger partial charge in [-0.05, 0) is 25.3 Å². The number of nitrogens with one attached hydrogen (secondary N) is 1. The molecule has 1 aliphatic rings. The zero-order valence-corrected chi connectivity index (χ0v) is 10.1.